The van der Waals surface area contributed by atoms with Gasteiger partial charge in [-0.2, -0.15) is 0 Å². The maximum Gasteiger partial charge on any atom is 0.251 e. The molecule has 2 aromatic carbocycles. The maximum atomic E-state index is 12.5. The summed E-state index contributed by atoms with van der Waals surface area (Å²) >= 11 is 0. The van der Waals surface area contributed by atoms with Crippen LogP contribution in [0.1, 0.15) is 16.2 Å². The molecular weight excluding hydrogens is 326 g/mol. The monoisotopic (exact) mass is 343 g/mol. The van der Waals surface area contributed by atoms with Crippen LogP contribution >= 0.6 is 0 Å². The van der Waals surface area contributed by atoms with Crippen molar-refractivity contribution >= 4 is 5.91 Å². The summed E-state index contributed by atoms with van der Waals surface area (Å²) < 4.78 is 3.82. The Kier molecular flexibility index (Phi) is 4.30. The third-order valence-corrected chi connectivity index (χ3v) is 4.07. The number of hydrogen-bond acceptors (Lipinski definition) is 3. The van der Waals surface area contributed by atoms with Gasteiger partial charge in [0, 0.05) is 29.3 Å². The lowest BCUT2D eigenvalue weighted by Gasteiger charge is -2.09. The Labute approximate surface area is 150 Å². The fourth-order valence-electron chi connectivity index (χ4n) is 2.76. The van der Waals surface area contributed by atoms with E-state index in [4.69, 9.17) is 0 Å². The Morgan fingerprint density at radius 2 is 1.69 bits per heavy atom. The van der Waals surface area contributed by atoms with Crippen LogP contribution in [0.25, 0.3) is 11.4 Å². The van der Waals surface area contributed by atoms with Crippen molar-refractivity contribution in [3.8, 4) is 11.4 Å². The molecule has 0 saturated heterocycles. The predicted octanol–water partition coefficient (Wildman–Crippen LogP) is 2.99. The molecule has 6 heteroatoms. The van der Waals surface area contributed by atoms with Crippen LogP contribution in [0.2, 0.25) is 0 Å². The number of carbonyl (C=O) groups excluding carboxylic acids is 1. The Hall–Kier alpha value is -3.67. The van der Waals surface area contributed by atoms with Gasteiger partial charge in [-0.05, 0) is 42.5 Å². The molecule has 4 rings (SSSR count). The molecule has 0 aliphatic carbocycles. The van der Waals surface area contributed by atoms with Gasteiger partial charge in [-0.3, -0.25) is 9.36 Å². The van der Waals surface area contributed by atoms with Crippen LogP contribution in [0.3, 0.4) is 0 Å². The van der Waals surface area contributed by atoms with Gasteiger partial charge in [0.1, 0.15) is 6.33 Å². The van der Waals surface area contributed by atoms with Crippen LogP contribution < -0.4 is 5.32 Å². The summed E-state index contributed by atoms with van der Waals surface area (Å²) in [5, 5.41) is 11.0. The zero-order valence-corrected chi connectivity index (χ0v) is 14.0. The average Bonchev–Trinajstić information content (AvgIpc) is 3.39. The van der Waals surface area contributed by atoms with Crippen molar-refractivity contribution in [1.82, 2.24) is 24.6 Å². The maximum absolute atomic E-state index is 12.5. The summed E-state index contributed by atoms with van der Waals surface area (Å²) in [6, 6.07) is 21.2. The highest BCUT2D eigenvalue weighted by atomic mass is 16.1. The van der Waals surface area contributed by atoms with Crippen molar-refractivity contribution in [2.45, 2.75) is 6.54 Å². The highest BCUT2D eigenvalue weighted by Crippen LogP contribution is 2.12. The summed E-state index contributed by atoms with van der Waals surface area (Å²) in [5.41, 5.74) is 2.49. The fraction of sp³-hybridized carbons (Fsp3) is 0.0500. The molecule has 0 saturated carbocycles. The molecule has 0 fully saturated rings. The summed E-state index contributed by atoms with van der Waals surface area (Å²) in [4.78, 5) is 12.5. The van der Waals surface area contributed by atoms with Gasteiger partial charge in [-0.1, -0.05) is 24.3 Å². The molecule has 0 aliphatic rings. The van der Waals surface area contributed by atoms with E-state index in [2.05, 4.69) is 15.5 Å². The third-order valence-electron chi connectivity index (χ3n) is 4.07. The minimum Gasteiger partial charge on any atom is -0.345 e. The SMILES string of the molecule is O=C(NCc1nncn1-c1ccccc1)c1cccc(-n2cccc2)c1. The second kappa shape index (κ2) is 7.06. The molecule has 0 unspecified atom stereocenters. The van der Waals surface area contributed by atoms with Gasteiger partial charge in [0.05, 0.1) is 6.54 Å². The molecule has 2 aromatic heterocycles. The molecular formula is C20H17N5O. The molecule has 1 amide bonds. The van der Waals surface area contributed by atoms with Crippen LogP contribution in [-0.2, 0) is 6.54 Å². The second-order valence-corrected chi connectivity index (χ2v) is 5.78. The Balaban J connectivity index is 1.49. The van der Waals surface area contributed by atoms with Crippen molar-refractivity contribution in [2.75, 3.05) is 0 Å². The highest BCUT2D eigenvalue weighted by Gasteiger charge is 2.10. The van der Waals surface area contributed by atoms with E-state index in [1.807, 2.05) is 82.2 Å². The smallest absolute Gasteiger partial charge is 0.251 e. The highest BCUT2D eigenvalue weighted by molar-refractivity contribution is 5.94. The molecule has 0 aliphatic heterocycles. The van der Waals surface area contributed by atoms with E-state index in [1.54, 1.807) is 12.4 Å². The van der Waals surface area contributed by atoms with Crippen molar-refractivity contribution in [3.05, 3.63) is 96.8 Å². The first-order chi connectivity index (χ1) is 12.8. The largest absolute Gasteiger partial charge is 0.345 e. The molecule has 6 nitrogen and oxygen atoms in total. The molecule has 0 radical (unpaired) electrons. The lowest BCUT2D eigenvalue weighted by Crippen LogP contribution is -2.24. The molecule has 1 N–H and O–H groups in total. The lowest BCUT2D eigenvalue weighted by atomic mass is 10.2. The Morgan fingerprint density at radius 3 is 2.50 bits per heavy atom. The topological polar surface area (TPSA) is 64.7 Å². The molecule has 2 heterocycles. The van der Waals surface area contributed by atoms with Crippen molar-refractivity contribution < 1.29 is 4.79 Å². The van der Waals surface area contributed by atoms with Gasteiger partial charge < -0.3 is 9.88 Å². The zero-order chi connectivity index (χ0) is 17.8. The van der Waals surface area contributed by atoms with E-state index in [0.29, 0.717) is 17.9 Å². The molecule has 0 atom stereocenters. The normalized spacial score (nSPS) is 10.6. The number of hydrogen-bond donors (Lipinski definition) is 1. The van der Waals surface area contributed by atoms with Gasteiger partial charge in [-0.25, -0.2) is 0 Å². The predicted molar refractivity (Wildman–Crippen MR) is 98.3 cm³/mol. The number of aromatic nitrogens is 4. The van der Waals surface area contributed by atoms with Crippen molar-refractivity contribution in [1.29, 1.82) is 0 Å². The first-order valence-corrected chi connectivity index (χ1v) is 8.27. The van der Waals surface area contributed by atoms with E-state index >= 15 is 0 Å². The number of rotatable bonds is 5. The van der Waals surface area contributed by atoms with Crippen LogP contribution in [0.15, 0.2) is 85.5 Å². The van der Waals surface area contributed by atoms with E-state index in [9.17, 15) is 4.79 Å². The standard InChI is InChI=1S/C20H17N5O/c26-20(16-7-6-10-18(13-16)24-11-4-5-12-24)21-14-19-23-22-15-25(19)17-8-2-1-3-9-17/h1-13,15H,14H2,(H,21,26). The molecule has 26 heavy (non-hydrogen) atoms. The summed E-state index contributed by atoms with van der Waals surface area (Å²) in [6.45, 7) is 0.293. The third kappa shape index (κ3) is 3.25. The van der Waals surface area contributed by atoms with Gasteiger partial charge in [0.25, 0.3) is 5.91 Å². The van der Waals surface area contributed by atoms with E-state index in [-0.39, 0.29) is 5.91 Å². The minimum absolute atomic E-state index is 0.151. The average molecular weight is 343 g/mol. The summed E-state index contributed by atoms with van der Waals surface area (Å²) in [7, 11) is 0. The van der Waals surface area contributed by atoms with Gasteiger partial charge in [-0.15, -0.1) is 10.2 Å². The fourth-order valence-corrected chi connectivity index (χ4v) is 2.76. The van der Waals surface area contributed by atoms with Crippen LogP contribution in [0.5, 0.6) is 0 Å². The second-order valence-electron chi connectivity index (χ2n) is 5.78. The van der Waals surface area contributed by atoms with Gasteiger partial charge in [0.15, 0.2) is 5.82 Å². The minimum atomic E-state index is -0.151. The number of carbonyl (C=O) groups is 1. The number of benzene rings is 2. The number of para-hydroxylation sites is 1. The summed E-state index contributed by atoms with van der Waals surface area (Å²) in [6.07, 6.45) is 5.53. The lowest BCUT2D eigenvalue weighted by molar-refractivity contribution is 0.0949. The Morgan fingerprint density at radius 1 is 0.923 bits per heavy atom. The Bertz CT molecular complexity index is 1010. The van der Waals surface area contributed by atoms with Crippen molar-refractivity contribution in [2.24, 2.45) is 0 Å². The molecule has 128 valence electrons. The van der Waals surface area contributed by atoms with E-state index < -0.39 is 0 Å². The van der Waals surface area contributed by atoms with Crippen LogP contribution in [0, 0.1) is 0 Å². The van der Waals surface area contributed by atoms with Crippen LogP contribution in [0.4, 0.5) is 0 Å². The van der Waals surface area contributed by atoms with Gasteiger partial charge in [0.2, 0.25) is 0 Å². The molecule has 0 spiro atoms. The number of amides is 1. The quantitative estimate of drug-likeness (QED) is 0.606. The molecule has 4 aromatic rings. The zero-order valence-electron chi connectivity index (χ0n) is 14.0. The van der Waals surface area contributed by atoms with Crippen LogP contribution in [-0.4, -0.2) is 25.2 Å². The number of nitrogens with zero attached hydrogens (tertiary/aromatic N) is 4. The first-order valence-electron chi connectivity index (χ1n) is 8.27. The molecule has 0 bridgehead atoms. The first kappa shape index (κ1) is 15.8. The van der Waals surface area contributed by atoms with E-state index in [1.165, 1.54) is 0 Å². The van der Waals surface area contributed by atoms with Gasteiger partial charge >= 0.3 is 0 Å². The van der Waals surface area contributed by atoms with Crippen molar-refractivity contribution in [3.63, 3.8) is 0 Å². The van der Waals surface area contributed by atoms with E-state index in [0.717, 1.165) is 11.4 Å². The summed E-state index contributed by atoms with van der Waals surface area (Å²) in [5.74, 6) is 0.521. The number of nitrogens with one attached hydrogen (secondary N) is 1.